The van der Waals surface area contributed by atoms with Gasteiger partial charge in [-0.05, 0) is 23.7 Å². The van der Waals surface area contributed by atoms with Gasteiger partial charge in [0.2, 0.25) is 0 Å². The highest BCUT2D eigenvalue weighted by Crippen LogP contribution is 2.12. The second kappa shape index (κ2) is 4.48. The molecule has 0 bridgehead atoms. The molecule has 0 fully saturated rings. The maximum atomic E-state index is 10.8. The molecule has 0 aliphatic carbocycles. The predicted octanol–water partition coefficient (Wildman–Crippen LogP) is 2.03. The number of hydrogen-bond donors (Lipinski definition) is 2. The molecule has 0 heterocycles. The molecule has 0 saturated heterocycles. The molecule has 1 rings (SSSR count). The number of halogens is 1. The average Bonchev–Trinajstić information content (AvgIpc) is 2.15. The van der Waals surface area contributed by atoms with Gasteiger partial charge >= 0.3 is 11.5 Å². The van der Waals surface area contributed by atoms with Crippen molar-refractivity contribution in [3.05, 3.63) is 30.3 Å². The standard InChI is InChI=1S/C8H7ClN2O3/c9-7(12)11(10-8(13)14)6-4-2-1-3-5-6/h1-5,10H,(H,13,14). The van der Waals surface area contributed by atoms with E-state index in [4.69, 9.17) is 16.7 Å². The summed E-state index contributed by atoms with van der Waals surface area (Å²) in [4.78, 5) is 21.2. The van der Waals surface area contributed by atoms with Crippen molar-refractivity contribution in [1.82, 2.24) is 5.43 Å². The lowest BCUT2D eigenvalue weighted by atomic mass is 10.3. The number of carboxylic acid groups (broad SMARTS) is 1. The van der Waals surface area contributed by atoms with E-state index in [1.807, 2.05) is 5.43 Å². The summed E-state index contributed by atoms with van der Waals surface area (Å²) in [5.41, 5.74) is 2.22. The van der Waals surface area contributed by atoms with Crippen LogP contribution in [0.5, 0.6) is 0 Å². The number of benzene rings is 1. The van der Waals surface area contributed by atoms with Crippen molar-refractivity contribution in [3.8, 4) is 0 Å². The Morgan fingerprint density at radius 3 is 2.29 bits per heavy atom. The summed E-state index contributed by atoms with van der Waals surface area (Å²) in [5.74, 6) is 0. The molecule has 0 radical (unpaired) electrons. The second-order valence-electron chi connectivity index (χ2n) is 2.34. The van der Waals surface area contributed by atoms with E-state index in [1.165, 1.54) is 0 Å². The molecule has 0 atom stereocenters. The van der Waals surface area contributed by atoms with Gasteiger partial charge in [-0.15, -0.1) is 0 Å². The molecule has 74 valence electrons. The summed E-state index contributed by atoms with van der Waals surface area (Å²) in [6.07, 6.45) is -1.36. The van der Waals surface area contributed by atoms with Crippen LogP contribution >= 0.6 is 11.6 Å². The summed E-state index contributed by atoms with van der Waals surface area (Å²) in [5, 5.41) is 8.24. The van der Waals surface area contributed by atoms with Gasteiger partial charge in [-0.2, -0.15) is 0 Å². The number of carbonyl (C=O) groups is 2. The Balaban J connectivity index is 2.89. The van der Waals surface area contributed by atoms with Gasteiger partial charge in [0.15, 0.2) is 0 Å². The number of carbonyl (C=O) groups excluding carboxylic acids is 1. The molecule has 2 N–H and O–H groups in total. The second-order valence-corrected chi connectivity index (χ2v) is 2.66. The third-order valence-electron chi connectivity index (χ3n) is 1.40. The van der Waals surface area contributed by atoms with Crippen LogP contribution in [-0.2, 0) is 0 Å². The van der Waals surface area contributed by atoms with Crippen molar-refractivity contribution in [2.75, 3.05) is 5.01 Å². The molecule has 1 aromatic carbocycles. The molecule has 6 heteroatoms. The molecule has 0 aliphatic heterocycles. The first-order chi connectivity index (χ1) is 6.61. The van der Waals surface area contributed by atoms with Gasteiger partial charge in [0.1, 0.15) is 0 Å². The maximum Gasteiger partial charge on any atom is 0.424 e. The first-order valence-corrected chi connectivity index (χ1v) is 4.03. The van der Waals surface area contributed by atoms with Gasteiger partial charge in [-0.1, -0.05) is 18.2 Å². The van der Waals surface area contributed by atoms with Gasteiger partial charge in [-0.25, -0.2) is 15.2 Å². The monoisotopic (exact) mass is 214 g/mol. The molecular weight excluding hydrogens is 208 g/mol. The van der Waals surface area contributed by atoms with Gasteiger partial charge < -0.3 is 5.11 Å². The number of para-hydroxylation sites is 1. The smallest absolute Gasteiger partial charge is 0.424 e. The number of nitrogens with zero attached hydrogens (tertiary/aromatic N) is 1. The Hall–Kier alpha value is -1.75. The lowest BCUT2D eigenvalue weighted by Crippen LogP contribution is -2.43. The molecular formula is C8H7ClN2O3. The van der Waals surface area contributed by atoms with E-state index in [1.54, 1.807) is 30.3 Å². The van der Waals surface area contributed by atoms with E-state index in [0.29, 0.717) is 5.69 Å². The fourth-order valence-electron chi connectivity index (χ4n) is 0.883. The lowest BCUT2D eigenvalue weighted by Gasteiger charge is -2.17. The van der Waals surface area contributed by atoms with Crippen LogP contribution in [0.1, 0.15) is 0 Å². The minimum atomic E-state index is -1.36. The molecule has 0 unspecified atom stereocenters. The van der Waals surface area contributed by atoms with Crippen LogP contribution in [0.4, 0.5) is 15.3 Å². The third-order valence-corrected chi connectivity index (χ3v) is 1.57. The number of rotatable bonds is 1. The zero-order valence-electron chi connectivity index (χ0n) is 6.98. The molecule has 0 spiro atoms. The Labute approximate surface area is 84.9 Å². The molecule has 14 heavy (non-hydrogen) atoms. The molecule has 1 aromatic rings. The van der Waals surface area contributed by atoms with Crippen molar-refractivity contribution >= 4 is 28.7 Å². The van der Waals surface area contributed by atoms with E-state index in [-0.39, 0.29) is 0 Å². The Morgan fingerprint density at radius 2 is 1.86 bits per heavy atom. The number of amides is 2. The van der Waals surface area contributed by atoms with Crippen molar-refractivity contribution in [2.24, 2.45) is 0 Å². The first-order valence-electron chi connectivity index (χ1n) is 3.65. The largest absolute Gasteiger partial charge is 0.464 e. The van der Waals surface area contributed by atoms with Crippen LogP contribution in [0.25, 0.3) is 0 Å². The SMILES string of the molecule is O=C(O)NN(C(=O)Cl)c1ccccc1. The van der Waals surface area contributed by atoms with E-state index in [2.05, 4.69) is 0 Å². The first kappa shape index (κ1) is 10.3. The van der Waals surface area contributed by atoms with E-state index < -0.39 is 11.5 Å². The number of hydrogen-bond acceptors (Lipinski definition) is 2. The van der Waals surface area contributed by atoms with Gasteiger partial charge in [0.05, 0.1) is 5.69 Å². The van der Waals surface area contributed by atoms with Crippen molar-refractivity contribution < 1.29 is 14.7 Å². The quantitative estimate of drug-likeness (QED) is 0.427. The van der Waals surface area contributed by atoms with E-state index >= 15 is 0 Å². The molecule has 2 amide bonds. The summed E-state index contributed by atoms with van der Waals surface area (Å²) in [6.45, 7) is 0. The number of nitrogens with one attached hydrogen (secondary N) is 1. The van der Waals surface area contributed by atoms with Crippen molar-refractivity contribution in [3.63, 3.8) is 0 Å². The summed E-state index contributed by atoms with van der Waals surface area (Å²) < 4.78 is 0. The van der Waals surface area contributed by atoms with Crippen LogP contribution in [0.2, 0.25) is 0 Å². The molecule has 0 aromatic heterocycles. The predicted molar refractivity (Wildman–Crippen MR) is 51.3 cm³/mol. The Morgan fingerprint density at radius 1 is 1.29 bits per heavy atom. The molecule has 0 aliphatic rings. The molecule has 5 nitrogen and oxygen atoms in total. The van der Waals surface area contributed by atoms with Crippen LogP contribution in [0, 0.1) is 0 Å². The minimum Gasteiger partial charge on any atom is -0.464 e. The Bertz CT molecular complexity index is 342. The third kappa shape index (κ3) is 2.63. The topological polar surface area (TPSA) is 69.6 Å². The molecule has 0 saturated carbocycles. The van der Waals surface area contributed by atoms with Crippen LogP contribution < -0.4 is 10.4 Å². The van der Waals surface area contributed by atoms with Crippen LogP contribution in [0.15, 0.2) is 30.3 Å². The fourth-order valence-corrected chi connectivity index (χ4v) is 1.02. The fraction of sp³-hybridized carbons (Fsp3) is 0. The van der Waals surface area contributed by atoms with E-state index in [0.717, 1.165) is 5.01 Å². The minimum absolute atomic E-state index is 0.356. The zero-order valence-corrected chi connectivity index (χ0v) is 7.73. The summed E-state index contributed by atoms with van der Waals surface area (Å²) >= 11 is 5.18. The number of anilines is 1. The summed E-state index contributed by atoms with van der Waals surface area (Å²) in [7, 11) is 0. The highest BCUT2D eigenvalue weighted by molar-refractivity contribution is 6.66. The lowest BCUT2D eigenvalue weighted by molar-refractivity contribution is 0.193. The average molecular weight is 215 g/mol. The highest BCUT2D eigenvalue weighted by atomic mass is 35.5. The van der Waals surface area contributed by atoms with Gasteiger partial charge in [0.25, 0.3) is 0 Å². The van der Waals surface area contributed by atoms with Crippen molar-refractivity contribution in [1.29, 1.82) is 0 Å². The van der Waals surface area contributed by atoms with Crippen molar-refractivity contribution in [2.45, 2.75) is 0 Å². The summed E-state index contributed by atoms with van der Waals surface area (Å²) in [6, 6.07) is 8.16. The maximum absolute atomic E-state index is 10.8. The normalized spacial score (nSPS) is 9.21. The highest BCUT2D eigenvalue weighted by Gasteiger charge is 2.14. The van der Waals surface area contributed by atoms with Gasteiger partial charge in [0, 0.05) is 0 Å². The van der Waals surface area contributed by atoms with Gasteiger partial charge in [-0.3, -0.25) is 4.79 Å². The number of hydrazine groups is 1. The zero-order chi connectivity index (χ0) is 10.6. The Kier molecular flexibility index (Phi) is 3.30. The van der Waals surface area contributed by atoms with E-state index in [9.17, 15) is 9.59 Å². The van der Waals surface area contributed by atoms with Crippen LogP contribution in [-0.4, -0.2) is 16.6 Å². The van der Waals surface area contributed by atoms with Crippen LogP contribution in [0.3, 0.4) is 0 Å².